The van der Waals surface area contributed by atoms with Crippen molar-refractivity contribution in [2.45, 2.75) is 6.04 Å². The van der Waals surface area contributed by atoms with Gasteiger partial charge in [0.05, 0.1) is 0 Å². The zero-order chi connectivity index (χ0) is 11.7. The van der Waals surface area contributed by atoms with E-state index < -0.39 is 0 Å². The quantitative estimate of drug-likeness (QED) is 0.741. The van der Waals surface area contributed by atoms with Crippen molar-refractivity contribution in [2.75, 3.05) is 51.2 Å². The molecular weight excluding hydrogens is 212 g/mol. The maximum Gasteiger partial charge on any atom is 0.0447 e. The fourth-order valence-corrected chi connectivity index (χ4v) is 2.64. The van der Waals surface area contributed by atoms with Crippen LogP contribution in [0.15, 0.2) is 24.5 Å². The van der Waals surface area contributed by atoms with Crippen molar-refractivity contribution in [3.8, 4) is 0 Å². The van der Waals surface area contributed by atoms with Gasteiger partial charge in [-0.15, -0.1) is 0 Å². The van der Waals surface area contributed by atoms with Gasteiger partial charge in [0.25, 0.3) is 0 Å². The highest BCUT2D eigenvalue weighted by molar-refractivity contribution is 5.47. The second-order valence-electron chi connectivity index (χ2n) is 5.10. The molecule has 1 aromatic rings. The molecule has 0 atom stereocenters. The van der Waals surface area contributed by atoms with Crippen molar-refractivity contribution in [3.05, 3.63) is 24.5 Å². The van der Waals surface area contributed by atoms with Crippen LogP contribution < -0.4 is 4.90 Å². The van der Waals surface area contributed by atoms with Crippen molar-refractivity contribution in [3.63, 3.8) is 0 Å². The minimum absolute atomic E-state index is 0.761. The fourth-order valence-electron chi connectivity index (χ4n) is 2.64. The van der Waals surface area contributed by atoms with Crippen molar-refractivity contribution in [1.82, 2.24) is 14.8 Å². The lowest BCUT2D eigenvalue weighted by atomic mass is 10.1. The standard InChI is InChI=1S/C13H20N4/c1-15-6-8-16(9-7-15)13-10-17(11-13)12-2-4-14-5-3-12/h2-5,13H,6-11H2,1H3. The van der Waals surface area contributed by atoms with Gasteiger partial charge in [0.15, 0.2) is 0 Å². The molecule has 0 radical (unpaired) electrons. The Morgan fingerprint density at radius 2 is 1.71 bits per heavy atom. The highest BCUT2D eigenvalue weighted by Crippen LogP contribution is 2.23. The topological polar surface area (TPSA) is 22.6 Å². The monoisotopic (exact) mass is 232 g/mol. The van der Waals surface area contributed by atoms with E-state index >= 15 is 0 Å². The van der Waals surface area contributed by atoms with Crippen LogP contribution in [0.3, 0.4) is 0 Å². The normalized spacial score (nSPS) is 23.7. The molecule has 2 fully saturated rings. The van der Waals surface area contributed by atoms with Crippen LogP contribution in [0.2, 0.25) is 0 Å². The Kier molecular flexibility index (Phi) is 2.99. The van der Waals surface area contributed by atoms with Gasteiger partial charge < -0.3 is 9.80 Å². The Balaban J connectivity index is 1.52. The molecule has 4 nitrogen and oxygen atoms in total. The zero-order valence-corrected chi connectivity index (χ0v) is 10.4. The second-order valence-corrected chi connectivity index (χ2v) is 5.10. The molecule has 2 saturated heterocycles. The van der Waals surface area contributed by atoms with Gasteiger partial charge in [-0.25, -0.2) is 0 Å². The molecule has 3 heterocycles. The Bertz CT molecular complexity index is 353. The van der Waals surface area contributed by atoms with Gasteiger partial charge in [-0.1, -0.05) is 0 Å². The van der Waals surface area contributed by atoms with Crippen molar-refractivity contribution in [1.29, 1.82) is 0 Å². The van der Waals surface area contributed by atoms with Crippen LogP contribution in [0.4, 0.5) is 5.69 Å². The summed E-state index contributed by atoms with van der Waals surface area (Å²) in [4.78, 5) is 11.5. The number of pyridine rings is 1. The Labute approximate surface area is 103 Å². The van der Waals surface area contributed by atoms with Crippen LogP contribution in [0.1, 0.15) is 0 Å². The summed E-state index contributed by atoms with van der Waals surface area (Å²) in [5.41, 5.74) is 1.31. The van der Waals surface area contributed by atoms with Gasteiger partial charge in [0.1, 0.15) is 0 Å². The van der Waals surface area contributed by atoms with Gasteiger partial charge in [0, 0.05) is 63.4 Å². The summed E-state index contributed by atoms with van der Waals surface area (Å²) in [5, 5.41) is 0. The van der Waals surface area contributed by atoms with Crippen LogP contribution in [0.25, 0.3) is 0 Å². The number of rotatable bonds is 2. The Morgan fingerprint density at radius 1 is 1.06 bits per heavy atom. The summed E-state index contributed by atoms with van der Waals surface area (Å²) >= 11 is 0. The highest BCUT2D eigenvalue weighted by atomic mass is 15.3. The molecule has 17 heavy (non-hydrogen) atoms. The fraction of sp³-hybridized carbons (Fsp3) is 0.615. The predicted molar refractivity (Wildman–Crippen MR) is 69.3 cm³/mol. The molecule has 0 bridgehead atoms. The van der Waals surface area contributed by atoms with E-state index in [4.69, 9.17) is 0 Å². The van der Waals surface area contributed by atoms with Crippen LogP contribution in [0, 0.1) is 0 Å². The molecule has 2 aliphatic heterocycles. The van der Waals surface area contributed by atoms with Gasteiger partial charge in [-0.05, 0) is 19.2 Å². The lowest BCUT2D eigenvalue weighted by molar-refractivity contribution is 0.0963. The number of hydrogen-bond acceptors (Lipinski definition) is 4. The minimum atomic E-state index is 0.761. The minimum Gasteiger partial charge on any atom is -0.368 e. The van der Waals surface area contributed by atoms with Gasteiger partial charge >= 0.3 is 0 Å². The number of hydrogen-bond donors (Lipinski definition) is 0. The number of likely N-dealkylation sites (N-methyl/N-ethyl adjacent to an activating group) is 1. The third-order valence-electron chi connectivity index (χ3n) is 3.94. The molecule has 0 saturated carbocycles. The smallest absolute Gasteiger partial charge is 0.0447 e. The molecule has 3 rings (SSSR count). The number of anilines is 1. The third-order valence-corrected chi connectivity index (χ3v) is 3.94. The Hall–Kier alpha value is -1.13. The number of piperazine rings is 1. The molecule has 0 N–H and O–H groups in total. The maximum absolute atomic E-state index is 4.06. The number of aromatic nitrogens is 1. The molecular formula is C13H20N4. The van der Waals surface area contributed by atoms with Crippen molar-refractivity contribution >= 4 is 5.69 Å². The zero-order valence-electron chi connectivity index (χ0n) is 10.4. The van der Waals surface area contributed by atoms with E-state index in [2.05, 4.69) is 38.9 Å². The first-order chi connectivity index (χ1) is 8.33. The average Bonchev–Trinajstić information content (AvgIpc) is 2.31. The van der Waals surface area contributed by atoms with Gasteiger partial charge in [0.2, 0.25) is 0 Å². The molecule has 0 unspecified atom stereocenters. The van der Waals surface area contributed by atoms with E-state index in [1.54, 1.807) is 0 Å². The predicted octanol–water partition coefficient (Wildman–Crippen LogP) is 0.518. The van der Waals surface area contributed by atoms with Crippen LogP contribution in [-0.2, 0) is 0 Å². The van der Waals surface area contributed by atoms with E-state index in [0.29, 0.717) is 0 Å². The molecule has 0 aliphatic carbocycles. The van der Waals surface area contributed by atoms with Crippen LogP contribution in [0.5, 0.6) is 0 Å². The summed E-state index contributed by atoms with van der Waals surface area (Å²) in [7, 11) is 2.21. The molecule has 1 aromatic heterocycles. The van der Waals surface area contributed by atoms with E-state index in [9.17, 15) is 0 Å². The molecule has 4 heteroatoms. The second kappa shape index (κ2) is 4.63. The largest absolute Gasteiger partial charge is 0.368 e. The lowest BCUT2D eigenvalue weighted by Crippen LogP contribution is -2.63. The average molecular weight is 232 g/mol. The first-order valence-corrected chi connectivity index (χ1v) is 6.40. The SMILES string of the molecule is CN1CCN(C2CN(c3ccncc3)C2)CC1. The van der Waals surface area contributed by atoms with Crippen molar-refractivity contribution in [2.24, 2.45) is 0 Å². The molecule has 0 spiro atoms. The Morgan fingerprint density at radius 3 is 2.35 bits per heavy atom. The van der Waals surface area contributed by atoms with E-state index in [1.807, 2.05) is 12.4 Å². The molecule has 92 valence electrons. The van der Waals surface area contributed by atoms with Crippen molar-refractivity contribution < 1.29 is 0 Å². The summed E-state index contributed by atoms with van der Waals surface area (Å²) < 4.78 is 0. The van der Waals surface area contributed by atoms with E-state index in [-0.39, 0.29) is 0 Å². The van der Waals surface area contributed by atoms with Gasteiger partial charge in [-0.3, -0.25) is 9.88 Å². The molecule has 2 aliphatic rings. The highest BCUT2D eigenvalue weighted by Gasteiger charge is 2.32. The van der Waals surface area contributed by atoms with E-state index in [1.165, 1.54) is 45.0 Å². The maximum atomic E-state index is 4.06. The van der Waals surface area contributed by atoms with E-state index in [0.717, 1.165) is 6.04 Å². The molecule has 0 aromatic carbocycles. The number of nitrogens with zero attached hydrogens (tertiary/aromatic N) is 4. The van der Waals surface area contributed by atoms with Crippen LogP contribution in [-0.4, -0.2) is 67.1 Å². The van der Waals surface area contributed by atoms with Crippen LogP contribution >= 0.6 is 0 Å². The first kappa shape index (κ1) is 11.0. The molecule has 0 amide bonds. The van der Waals surface area contributed by atoms with Gasteiger partial charge in [-0.2, -0.15) is 0 Å². The summed E-state index contributed by atoms with van der Waals surface area (Å²) in [6.07, 6.45) is 3.75. The summed E-state index contributed by atoms with van der Waals surface area (Å²) in [6.45, 7) is 7.23. The summed E-state index contributed by atoms with van der Waals surface area (Å²) in [5.74, 6) is 0. The summed E-state index contributed by atoms with van der Waals surface area (Å²) in [6, 6.07) is 4.96. The lowest BCUT2D eigenvalue weighted by Gasteiger charge is -2.48. The first-order valence-electron chi connectivity index (χ1n) is 6.40. The third kappa shape index (κ3) is 2.28.